The van der Waals surface area contributed by atoms with Gasteiger partial charge in [0.1, 0.15) is 11.6 Å². The maximum Gasteiger partial charge on any atom is 0.411 e. The Balaban J connectivity index is 2.19. The molecule has 0 aromatic carbocycles. The number of ether oxygens (including phenoxy) is 2. The average molecular weight is 257 g/mol. The lowest BCUT2D eigenvalue weighted by molar-refractivity contribution is -0.153. The summed E-state index contributed by atoms with van der Waals surface area (Å²) in [6, 6.07) is -0.802. The van der Waals surface area contributed by atoms with Crippen molar-refractivity contribution in [1.29, 1.82) is 0 Å². The normalized spacial score (nSPS) is 25.9. The Labute approximate surface area is 106 Å². The van der Waals surface area contributed by atoms with Crippen molar-refractivity contribution in [2.24, 2.45) is 0 Å². The fourth-order valence-electron chi connectivity index (χ4n) is 2.47. The van der Waals surface area contributed by atoms with Crippen LogP contribution in [0, 0.1) is 0 Å². The van der Waals surface area contributed by atoms with E-state index >= 15 is 0 Å². The predicted octanol–water partition coefficient (Wildman–Crippen LogP) is 1.24. The molecule has 0 radical (unpaired) electrons. The third-order valence-electron chi connectivity index (χ3n) is 3.32. The van der Waals surface area contributed by atoms with E-state index in [0.29, 0.717) is 26.1 Å². The van der Waals surface area contributed by atoms with Crippen molar-refractivity contribution < 1.29 is 24.2 Å². The molecule has 1 unspecified atom stereocenters. The second-order valence-electron chi connectivity index (χ2n) is 5.96. The molecule has 0 bridgehead atoms. The molecule has 0 aliphatic carbocycles. The molecular weight excluding hydrogens is 238 g/mol. The smallest absolute Gasteiger partial charge is 0.411 e. The summed E-state index contributed by atoms with van der Waals surface area (Å²) < 4.78 is 10.5. The van der Waals surface area contributed by atoms with Gasteiger partial charge in [0.15, 0.2) is 0 Å². The first-order valence-electron chi connectivity index (χ1n) is 6.08. The lowest BCUT2D eigenvalue weighted by atomic mass is 9.94. The van der Waals surface area contributed by atoms with Crippen LogP contribution in [0.3, 0.4) is 0 Å². The molecule has 0 saturated carbocycles. The highest BCUT2D eigenvalue weighted by Gasteiger charge is 2.56. The molecule has 1 spiro atoms. The maximum absolute atomic E-state index is 12.2. The highest BCUT2D eigenvalue weighted by molar-refractivity contribution is 5.82. The molecule has 1 atom stereocenters. The van der Waals surface area contributed by atoms with Crippen LogP contribution in [-0.4, -0.2) is 52.5 Å². The van der Waals surface area contributed by atoms with Crippen molar-refractivity contribution in [3.05, 3.63) is 0 Å². The number of likely N-dealkylation sites (tertiary alicyclic amines) is 1. The molecule has 0 aromatic rings. The van der Waals surface area contributed by atoms with E-state index in [1.807, 2.05) is 0 Å². The van der Waals surface area contributed by atoms with Gasteiger partial charge in [0, 0.05) is 0 Å². The number of carboxylic acids is 1. The zero-order chi connectivity index (χ0) is 13.6. The number of amides is 1. The third kappa shape index (κ3) is 2.16. The Bertz CT molecular complexity index is 369. The fraction of sp³-hybridized carbons (Fsp3) is 0.833. The van der Waals surface area contributed by atoms with Crippen LogP contribution >= 0.6 is 0 Å². The van der Waals surface area contributed by atoms with Gasteiger partial charge in [-0.1, -0.05) is 0 Å². The molecule has 2 fully saturated rings. The minimum absolute atomic E-state index is 0.399. The summed E-state index contributed by atoms with van der Waals surface area (Å²) in [6.45, 7) is 6.09. The van der Waals surface area contributed by atoms with Gasteiger partial charge < -0.3 is 14.6 Å². The van der Waals surface area contributed by atoms with E-state index in [1.54, 1.807) is 20.8 Å². The Morgan fingerprint density at radius 3 is 2.39 bits per heavy atom. The molecule has 6 heteroatoms. The lowest BCUT2D eigenvalue weighted by Gasteiger charge is -2.46. The molecule has 18 heavy (non-hydrogen) atoms. The van der Waals surface area contributed by atoms with Crippen LogP contribution < -0.4 is 0 Å². The molecule has 1 amide bonds. The maximum atomic E-state index is 12.2. The Hall–Kier alpha value is -1.30. The second-order valence-corrected chi connectivity index (χ2v) is 5.96. The van der Waals surface area contributed by atoms with Gasteiger partial charge in [0.05, 0.1) is 18.8 Å². The lowest BCUT2D eigenvalue weighted by Crippen LogP contribution is -2.63. The van der Waals surface area contributed by atoms with Crippen molar-refractivity contribution in [2.75, 3.05) is 13.2 Å². The quantitative estimate of drug-likeness (QED) is 0.764. The highest BCUT2D eigenvalue weighted by atomic mass is 16.6. The molecule has 2 aliphatic rings. The minimum Gasteiger partial charge on any atom is -0.480 e. The average Bonchev–Trinajstić information content (AvgIpc) is 2.53. The van der Waals surface area contributed by atoms with Crippen LogP contribution in [0.15, 0.2) is 0 Å². The largest absolute Gasteiger partial charge is 0.480 e. The molecule has 1 N–H and O–H groups in total. The molecular formula is C12H19NO5. The number of carbonyl (C=O) groups excluding carboxylic acids is 1. The number of nitrogens with zero attached hydrogens (tertiary/aromatic N) is 1. The van der Waals surface area contributed by atoms with Crippen molar-refractivity contribution in [3.63, 3.8) is 0 Å². The van der Waals surface area contributed by atoms with Crippen LogP contribution in [0.1, 0.15) is 33.6 Å². The van der Waals surface area contributed by atoms with Crippen molar-refractivity contribution in [3.8, 4) is 0 Å². The molecule has 6 nitrogen and oxygen atoms in total. The summed E-state index contributed by atoms with van der Waals surface area (Å²) >= 11 is 0. The molecule has 0 aromatic heterocycles. The Kier molecular flexibility index (Phi) is 3.01. The second kappa shape index (κ2) is 4.12. The van der Waals surface area contributed by atoms with Gasteiger partial charge in [-0.3, -0.25) is 4.90 Å². The topological polar surface area (TPSA) is 76.1 Å². The van der Waals surface area contributed by atoms with E-state index in [2.05, 4.69) is 0 Å². The van der Waals surface area contributed by atoms with Crippen molar-refractivity contribution >= 4 is 12.1 Å². The van der Waals surface area contributed by atoms with Gasteiger partial charge in [0.2, 0.25) is 0 Å². The molecule has 2 aliphatic heterocycles. The van der Waals surface area contributed by atoms with E-state index in [0.717, 1.165) is 0 Å². The summed E-state index contributed by atoms with van der Waals surface area (Å²) in [5, 5.41) is 9.19. The fourth-order valence-corrected chi connectivity index (χ4v) is 2.47. The van der Waals surface area contributed by atoms with E-state index in [-0.39, 0.29) is 0 Å². The van der Waals surface area contributed by atoms with Crippen LogP contribution in [0.2, 0.25) is 0 Å². The van der Waals surface area contributed by atoms with Gasteiger partial charge in [-0.2, -0.15) is 0 Å². The van der Waals surface area contributed by atoms with E-state index < -0.39 is 29.2 Å². The van der Waals surface area contributed by atoms with Crippen molar-refractivity contribution in [1.82, 2.24) is 4.90 Å². The zero-order valence-corrected chi connectivity index (χ0v) is 10.9. The molecule has 2 heterocycles. The summed E-state index contributed by atoms with van der Waals surface area (Å²) in [6.07, 6.45) is 0.553. The number of hydrogen-bond donors (Lipinski definition) is 1. The van der Waals surface area contributed by atoms with Gasteiger partial charge in [-0.25, -0.2) is 9.59 Å². The van der Waals surface area contributed by atoms with Crippen LogP contribution in [-0.2, 0) is 14.3 Å². The highest BCUT2D eigenvalue weighted by Crippen LogP contribution is 2.40. The van der Waals surface area contributed by atoms with Gasteiger partial charge in [-0.15, -0.1) is 0 Å². The van der Waals surface area contributed by atoms with E-state index in [1.165, 1.54) is 4.90 Å². The van der Waals surface area contributed by atoms with Crippen LogP contribution in [0.5, 0.6) is 0 Å². The van der Waals surface area contributed by atoms with Crippen LogP contribution in [0.25, 0.3) is 0 Å². The first-order chi connectivity index (χ1) is 8.25. The van der Waals surface area contributed by atoms with Crippen LogP contribution in [0.4, 0.5) is 4.79 Å². The van der Waals surface area contributed by atoms with E-state index in [4.69, 9.17) is 9.47 Å². The summed E-state index contributed by atoms with van der Waals surface area (Å²) in [5.74, 6) is -0.982. The van der Waals surface area contributed by atoms with Gasteiger partial charge in [-0.05, 0) is 33.6 Å². The van der Waals surface area contributed by atoms with Gasteiger partial charge in [0.25, 0.3) is 0 Å². The Morgan fingerprint density at radius 2 is 2.00 bits per heavy atom. The third-order valence-corrected chi connectivity index (χ3v) is 3.32. The zero-order valence-electron chi connectivity index (χ0n) is 10.9. The van der Waals surface area contributed by atoms with Crippen molar-refractivity contribution in [2.45, 2.75) is 50.8 Å². The van der Waals surface area contributed by atoms with Gasteiger partial charge >= 0.3 is 12.1 Å². The standard InChI is InChI=1S/C12H19NO5/c1-11(2,3)18-10(16)13-8(9(14)15)4-5-12(13)6-17-7-12/h8H,4-7H2,1-3H3,(H,14,15). The number of carboxylic acid groups (broad SMARTS) is 1. The number of hydrogen-bond acceptors (Lipinski definition) is 4. The molecule has 2 rings (SSSR count). The first-order valence-corrected chi connectivity index (χ1v) is 6.08. The summed E-state index contributed by atoms with van der Waals surface area (Å²) in [4.78, 5) is 24.8. The number of carbonyl (C=O) groups is 2. The number of rotatable bonds is 1. The predicted molar refractivity (Wildman–Crippen MR) is 62.3 cm³/mol. The number of aliphatic carboxylic acids is 1. The minimum atomic E-state index is -0.982. The summed E-state index contributed by atoms with van der Waals surface area (Å²) in [7, 11) is 0. The molecule has 102 valence electrons. The first kappa shape index (κ1) is 13.1. The molecule has 2 saturated heterocycles. The SMILES string of the molecule is CC(C)(C)OC(=O)N1C(C(=O)O)CCC12COC2. The Morgan fingerprint density at radius 1 is 1.39 bits per heavy atom. The van der Waals surface area contributed by atoms with E-state index in [9.17, 15) is 14.7 Å². The summed E-state index contributed by atoms with van der Waals surface area (Å²) in [5.41, 5.74) is -1.10. The monoisotopic (exact) mass is 257 g/mol.